The van der Waals surface area contributed by atoms with Gasteiger partial charge in [0.15, 0.2) is 6.17 Å². The van der Waals surface area contributed by atoms with Gasteiger partial charge in [-0.15, -0.1) is 0 Å². The summed E-state index contributed by atoms with van der Waals surface area (Å²) in [4.78, 5) is 21.6. The number of benzene rings is 1. The van der Waals surface area contributed by atoms with Crippen LogP contribution >= 0.6 is 11.6 Å². The molecule has 1 aromatic carbocycles. The van der Waals surface area contributed by atoms with Crippen LogP contribution in [0.2, 0.25) is 5.02 Å². The highest BCUT2D eigenvalue weighted by Crippen LogP contribution is 2.36. The molecule has 0 aliphatic carbocycles. The third-order valence-corrected chi connectivity index (χ3v) is 4.68. The van der Waals surface area contributed by atoms with Crippen molar-refractivity contribution in [3.63, 3.8) is 0 Å². The molecule has 1 aromatic heterocycles. The van der Waals surface area contributed by atoms with E-state index in [4.69, 9.17) is 16.3 Å². The van der Waals surface area contributed by atoms with Crippen molar-refractivity contribution in [3.8, 4) is 0 Å². The van der Waals surface area contributed by atoms with Crippen LogP contribution in [0, 0.1) is 5.92 Å². The van der Waals surface area contributed by atoms with Gasteiger partial charge in [-0.25, -0.2) is 4.98 Å². The van der Waals surface area contributed by atoms with Crippen LogP contribution in [0.5, 0.6) is 0 Å². The Morgan fingerprint density at radius 3 is 2.80 bits per heavy atom. The van der Waals surface area contributed by atoms with E-state index in [0.29, 0.717) is 17.3 Å². The van der Waals surface area contributed by atoms with Crippen LogP contribution in [0.3, 0.4) is 0 Å². The highest BCUT2D eigenvalue weighted by Gasteiger charge is 2.40. The van der Waals surface area contributed by atoms with Crippen molar-refractivity contribution in [2.24, 2.45) is 18.0 Å². The van der Waals surface area contributed by atoms with Gasteiger partial charge in [-0.05, 0) is 25.5 Å². The van der Waals surface area contributed by atoms with E-state index in [2.05, 4.69) is 15.3 Å². The Hall–Kier alpha value is -2.18. The number of rotatable bonds is 4. The Morgan fingerprint density at radius 2 is 2.16 bits per heavy atom. The number of esters is 1. The van der Waals surface area contributed by atoms with Crippen molar-refractivity contribution < 1.29 is 9.53 Å². The van der Waals surface area contributed by atoms with Crippen molar-refractivity contribution in [1.29, 1.82) is 0 Å². The standard InChI is InChI=1S/C18H21ClN4O2/c1-4-25-18(24)14-11(2)21-16(17-20-9-10-23(17)3)22-15(14)12-7-5-6-8-13(12)19/h5-10,14-16,22H,4H2,1-3H3. The summed E-state index contributed by atoms with van der Waals surface area (Å²) >= 11 is 6.40. The van der Waals surface area contributed by atoms with E-state index >= 15 is 0 Å². The van der Waals surface area contributed by atoms with E-state index in [9.17, 15) is 4.79 Å². The van der Waals surface area contributed by atoms with E-state index in [-0.39, 0.29) is 18.2 Å². The number of nitrogens with zero attached hydrogens (tertiary/aromatic N) is 3. The second kappa shape index (κ2) is 7.37. The fourth-order valence-corrected chi connectivity index (χ4v) is 3.39. The summed E-state index contributed by atoms with van der Waals surface area (Å²) in [6, 6.07) is 7.16. The van der Waals surface area contributed by atoms with Crippen LogP contribution in [0.1, 0.15) is 37.4 Å². The minimum atomic E-state index is -0.531. The van der Waals surface area contributed by atoms with Gasteiger partial charge < -0.3 is 9.30 Å². The van der Waals surface area contributed by atoms with Gasteiger partial charge in [0.05, 0.1) is 12.6 Å². The molecule has 132 valence electrons. The molecule has 0 bridgehead atoms. The molecule has 0 spiro atoms. The number of hydrogen-bond donors (Lipinski definition) is 1. The Bertz CT molecular complexity index is 802. The summed E-state index contributed by atoms with van der Waals surface area (Å²) in [5, 5.41) is 4.02. The summed E-state index contributed by atoms with van der Waals surface area (Å²) in [5.41, 5.74) is 1.55. The highest BCUT2D eigenvalue weighted by molar-refractivity contribution is 6.31. The summed E-state index contributed by atoms with van der Waals surface area (Å²) in [6.07, 6.45) is 3.24. The second-order valence-corrected chi connectivity index (χ2v) is 6.37. The number of aryl methyl sites for hydroxylation is 1. The molecule has 0 saturated carbocycles. The Labute approximate surface area is 151 Å². The zero-order valence-electron chi connectivity index (χ0n) is 14.4. The number of imidazole rings is 1. The third-order valence-electron chi connectivity index (χ3n) is 4.34. The van der Waals surface area contributed by atoms with E-state index in [1.165, 1.54) is 0 Å². The maximum absolute atomic E-state index is 12.6. The van der Waals surface area contributed by atoms with Gasteiger partial charge in [0.1, 0.15) is 11.7 Å². The zero-order valence-corrected chi connectivity index (χ0v) is 15.2. The molecule has 3 unspecified atom stereocenters. The van der Waals surface area contributed by atoms with Gasteiger partial charge in [-0.1, -0.05) is 29.8 Å². The monoisotopic (exact) mass is 360 g/mol. The number of halogens is 1. The van der Waals surface area contributed by atoms with Gasteiger partial charge in [0.25, 0.3) is 0 Å². The number of ether oxygens (including phenoxy) is 1. The first-order valence-electron chi connectivity index (χ1n) is 8.21. The Morgan fingerprint density at radius 1 is 1.40 bits per heavy atom. The molecule has 7 heteroatoms. The van der Waals surface area contributed by atoms with Gasteiger partial charge in [-0.3, -0.25) is 15.1 Å². The smallest absolute Gasteiger partial charge is 0.316 e. The van der Waals surface area contributed by atoms with Crippen molar-refractivity contribution in [2.45, 2.75) is 26.1 Å². The Balaban J connectivity index is 2.05. The van der Waals surface area contributed by atoms with Crippen LogP contribution in [0.15, 0.2) is 41.7 Å². The average Bonchev–Trinajstić information content (AvgIpc) is 3.00. The predicted octanol–water partition coefficient (Wildman–Crippen LogP) is 3.06. The van der Waals surface area contributed by atoms with Gasteiger partial charge >= 0.3 is 5.97 Å². The number of aliphatic imine (C=N–C) groups is 1. The first kappa shape index (κ1) is 17.6. The number of carbonyl (C=O) groups is 1. The topological polar surface area (TPSA) is 68.5 Å². The Kier molecular flexibility index (Phi) is 5.20. The quantitative estimate of drug-likeness (QED) is 0.851. The summed E-state index contributed by atoms with van der Waals surface area (Å²) < 4.78 is 7.17. The van der Waals surface area contributed by atoms with Crippen LogP contribution in [-0.4, -0.2) is 27.8 Å². The highest BCUT2D eigenvalue weighted by atomic mass is 35.5. The van der Waals surface area contributed by atoms with E-state index in [0.717, 1.165) is 11.4 Å². The summed E-state index contributed by atoms with van der Waals surface area (Å²) in [7, 11) is 1.91. The van der Waals surface area contributed by atoms with E-state index in [1.807, 2.05) is 49.0 Å². The molecule has 0 amide bonds. The van der Waals surface area contributed by atoms with Crippen molar-refractivity contribution >= 4 is 23.3 Å². The van der Waals surface area contributed by atoms with Crippen LogP contribution in [0.4, 0.5) is 0 Å². The molecule has 3 rings (SSSR count). The predicted molar refractivity (Wildman–Crippen MR) is 96.5 cm³/mol. The SMILES string of the molecule is CCOC(=O)C1C(C)=NC(c2nccn2C)NC1c1ccccc1Cl. The number of nitrogens with one attached hydrogen (secondary N) is 1. The molecular weight excluding hydrogens is 340 g/mol. The number of carbonyl (C=O) groups excluding carboxylic acids is 1. The molecule has 0 fully saturated rings. The largest absolute Gasteiger partial charge is 0.465 e. The van der Waals surface area contributed by atoms with Gasteiger partial charge in [-0.2, -0.15) is 0 Å². The van der Waals surface area contributed by atoms with Gasteiger partial charge in [0.2, 0.25) is 0 Å². The molecule has 3 atom stereocenters. The number of hydrogen-bond acceptors (Lipinski definition) is 5. The fourth-order valence-electron chi connectivity index (χ4n) is 3.14. The number of aromatic nitrogens is 2. The molecule has 1 N–H and O–H groups in total. The molecule has 0 radical (unpaired) electrons. The molecule has 2 heterocycles. The van der Waals surface area contributed by atoms with Crippen molar-refractivity contribution in [2.75, 3.05) is 6.61 Å². The maximum atomic E-state index is 12.6. The van der Waals surface area contributed by atoms with Crippen LogP contribution in [-0.2, 0) is 16.6 Å². The molecule has 0 saturated heterocycles. The van der Waals surface area contributed by atoms with E-state index < -0.39 is 5.92 Å². The summed E-state index contributed by atoms with van der Waals surface area (Å²) in [5.74, 6) is -0.0606. The average molecular weight is 361 g/mol. The fraction of sp³-hybridized carbons (Fsp3) is 0.389. The van der Waals surface area contributed by atoms with Gasteiger partial charge in [0, 0.05) is 30.2 Å². The molecule has 2 aromatic rings. The lowest BCUT2D eigenvalue weighted by molar-refractivity contribution is -0.146. The zero-order chi connectivity index (χ0) is 18.0. The molecule has 1 aliphatic heterocycles. The van der Waals surface area contributed by atoms with Crippen LogP contribution in [0.25, 0.3) is 0 Å². The molecule has 6 nitrogen and oxygen atoms in total. The normalized spacial score (nSPS) is 23.2. The van der Waals surface area contributed by atoms with Crippen molar-refractivity contribution in [3.05, 3.63) is 53.1 Å². The lowest BCUT2D eigenvalue weighted by atomic mass is 9.87. The molecule has 25 heavy (non-hydrogen) atoms. The lowest BCUT2D eigenvalue weighted by Gasteiger charge is -2.34. The van der Waals surface area contributed by atoms with Crippen molar-refractivity contribution in [1.82, 2.24) is 14.9 Å². The molecular formula is C18H21ClN4O2. The summed E-state index contributed by atoms with van der Waals surface area (Å²) in [6.45, 7) is 3.96. The first-order chi connectivity index (χ1) is 12.0. The third kappa shape index (κ3) is 3.45. The first-order valence-corrected chi connectivity index (χ1v) is 8.59. The minimum absolute atomic E-state index is 0.306. The maximum Gasteiger partial charge on any atom is 0.316 e. The molecule has 1 aliphatic rings. The minimum Gasteiger partial charge on any atom is -0.465 e. The van der Waals surface area contributed by atoms with Crippen LogP contribution < -0.4 is 5.32 Å². The lowest BCUT2D eigenvalue weighted by Crippen LogP contribution is -2.44. The second-order valence-electron chi connectivity index (χ2n) is 5.96. The van der Waals surface area contributed by atoms with E-state index in [1.54, 1.807) is 13.1 Å².